The molecule has 1 aliphatic carbocycles. The van der Waals surface area contributed by atoms with Crippen LogP contribution < -0.4 is 0 Å². The van der Waals surface area contributed by atoms with Crippen LogP contribution in [0.15, 0.2) is 18.2 Å². The standard InChI is InChI=1S/C12H12BrClN2O3/c13-5-6-15(9-2-3-9)12(17)10-4-1-8(14)7-11(10)16(18)19/h1,4,7,9H,2-3,5-6H2. The van der Waals surface area contributed by atoms with Crippen LogP contribution in [-0.4, -0.2) is 33.6 Å². The van der Waals surface area contributed by atoms with Crippen molar-refractivity contribution in [3.63, 3.8) is 0 Å². The van der Waals surface area contributed by atoms with Crippen molar-refractivity contribution in [1.29, 1.82) is 0 Å². The van der Waals surface area contributed by atoms with Gasteiger partial charge in [0.2, 0.25) is 0 Å². The molecule has 19 heavy (non-hydrogen) atoms. The second kappa shape index (κ2) is 5.88. The Hall–Kier alpha value is -1.14. The highest BCUT2D eigenvalue weighted by atomic mass is 79.9. The lowest BCUT2D eigenvalue weighted by atomic mass is 10.1. The lowest BCUT2D eigenvalue weighted by Gasteiger charge is -2.21. The number of halogens is 2. The van der Waals surface area contributed by atoms with Crippen LogP contribution in [-0.2, 0) is 0 Å². The van der Waals surface area contributed by atoms with E-state index >= 15 is 0 Å². The number of nitro benzene ring substituents is 1. The van der Waals surface area contributed by atoms with E-state index in [-0.39, 0.29) is 28.2 Å². The molecule has 0 radical (unpaired) electrons. The molecular weight excluding hydrogens is 336 g/mol. The topological polar surface area (TPSA) is 63.4 Å². The van der Waals surface area contributed by atoms with Gasteiger partial charge in [0.25, 0.3) is 11.6 Å². The summed E-state index contributed by atoms with van der Waals surface area (Å²) in [5, 5.41) is 11.9. The smallest absolute Gasteiger partial charge is 0.283 e. The highest BCUT2D eigenvalue weighted by Gasteiger charge is 2.35. The second-order valence-electron chi connectivity index (χ2n) is 4.34. The molecule has 0 saturated heterocycles. The molecule has 0 atom stereocenters. The predicted molar refractivity (Wildman–Crippen MR) is 76.0 cm³/mol. The Morgan fingerprint density at radius 3 is 2.74 bits per heavy atom. The van der Waals surface area contributed by atoms with E-state index in [4.69, 9.17) is 11.6 Å². The zero-order valence-electron chi connectivity index (χ0n) is 10.0. The van der Waals surface area contributed by atoms with E-state index < -0.39 is 4.92 Å². The number of benzene rings is 1. The molecule has 5 nitrogen and oxygen atoms in total. The van der Waals surface area contributed by atoms with Gasteiger partial charge in [0, 0.05) is 29.0 Å². The maximum absolute atomic E-state index is 12.4. The molecule has 0 spiro atoms. The van der Waals surface area contributed by atoms with Crippen LogP contribution in [0.25, 0.3) is 0 Å². The number of rotatable bonds is 5. The maximum atomic E-state index is 12.4. The summed E-state index contributed by atoms with van der Waals surface area (Å²) in [5.41, 5.74) is -0.139. The monoisotopic (exact) mass is 346 g/mol. The molecule has 1 fully saturated rings. The molecule has 1 amide bonds. The van der Waals surface area contributed by atoms with E-state index in [2.05, 4.69) is 15.9 Å². The Bertz CT molecular complexity index is 520. The largest absolute Gasteiger partial charge is 0.335 e. The molecule has 0 bridgehead atoms. The van der Waals surface area contributed by atoms with Crippen molar-refractivity contribution in [2.75, 3.05) is 11.9 Å². The third-order valence-electron chi connectivity index (χ3n) is 2.96. The van der Waals surface area contributed by atoms with E-state index in [1.807, 2.05) is 0 Å². The van der Waals surface area contributed by atoms with Crippen molar-refractivity contribution in [3.8, 4) is 0 Å². The number of carbonyl (C=O) groups excluding carboxylic acids is 1. The summed E-state index contributed by atoms with van der Waals surface area (Å²) in [6.45, 7) is 0.545. The van der Waals surface area contributed by atoms with Crippen molar-refractivity contribution >= 4 is 39.1 Å². The van der Waals surface area contributed by atoms with Gasteiger partial charge in [-0.15, -0.1) is 0 Å². The van der Waals surface area contributed by atoms with Crippen LogP contribution >= 0.6 is 27.5 Å². The van der Waals surface area contributed by atoms with Crippen LogP contribution in [0.2, 0.25) is 5.02 Å². The molecule has 1 aromatic rings. The summed E-state index contributed by atoms with van der Waals surface area (Å²) in [5.74, 6) is -0.301. The van der Waals surface area contributed by atoms with Crippen molar-refractivity contribution in [2.24, 2.45) is 0 Å². The molecule has 0 heterocycles. The average molecular weight is 348 g/mol. The van der Waals surface area contributed by atoms with Gasteiger partial charge < -0.3 is 4.90 Å². The predicted octanol–water partition coefficient (Wildman–Crippen LogP) is 3.25. The number of nitro groups is 1. The van der Waals surface area contributed by atoms with Gasteiger partial charge in [0.15, 0.2) is 0 Å². The van der Waals surface area contributed by atoms with Gasteiger partial charge in [0.05, 0.1) is 4.92 Å². The zero-order valence-corrected chi connectivity index (χ0v) is 12.4. The normalized spacial score (nSPS) is 14.2. The Labute approximate surface area is 123 Å². The summed E-state index contributed by atoms with van der Waals surface area (Å²) < 4.78 is 0. The number of hydrogen-bond acceptors (Lipinski definition) is 3. The molecular formula is C12H12BrClN2O3. The maximum Gasteiger partial charge on any atom is 0.283 e. The van der Waals surface area contributed by atoms with Gasteiger partial charge in [-0.2, -0.15) is 0 Å². The van der Waals surface area contributed by atoms with Gasteiger partial charge in [0.1, 0.15) is 5.56 Å². The third-order valence-corrected chi connectivity index (χ3v) is 3.55. The molecule has 0 aliphatic heterocycles. The summed E-state index contributed by atoms with van der Waals surface area (Å²) in [7, 11) is 0. The summed E-state index contributed by atoms with van der Waals surface area (Å²) in [6, 6.07) is 4.35. The molecule has 1 aliphatic rings. The van der Waals surface area contributed by atoms with Gasteiger partial charge in [-0.3, -0.25) is 14.9 Å². The van der Waals surface area contributed by atoms with E-state index in [9.17, 15) is 14.9 Å². The quantitative estimate of drug-likeness (QED) is 0.466. The van der Waals surface area contributed by atoms with Gasteiger partial charge in [-0.05, 0) is 25.0 Å². The SMILES string of the molecule is O=C(c1ccc(Cl)cc1[N+](=O)[O-])N(CCBr)C1CC1. The van der Waals surface area contributed by atoms with Crippen molar-refractivity contribution in [3.05, 3.63) is 38.9 Å². The number of carbonyl (C=O) groups is 1. The average Bonchev–Trinajstić information content (AvgIpc) is 3.19. The summed E-state index contributed by atoms with van der Waals surface area (Å²) in [6.07, 6.45) is 1.92. The molecule has 1 aromatic carbocycles. The molecule has 0 unspecified atom stereocenters. The fourth-order valence-electron chi connectivity index (χ4n) is 1.92. The first-order valence-electron chi connectivity index (χ1n) is 5.85. The highest BCUT2D eigenvalue weighted by Crippen LogP contribution is 2.31. The van der Waals surface area contributed by atoms with E-state index in [1.165, 1.54) is 18.2 Å². The molecule has 0 aromatic heterocycles. The number of nitrogens with zero attached hydrogens (tertiary/aromatic N) is 2. The first-order chi connectivity index (χ1) is 9.04. The summed E-state index contributed by atoms with van der Waals surface area (Å²) in [4.78, 5) is 24.5. The van der Waals surface area contributed by atoms with Crippen LogP contribution in [0, 0.1) is 10.1 Å². The Morgan fingerprint density at radius 2 is 2.21 bits per heavy atom. The first-order valence-corrected chi connectivity index (χ1v) is 7.35. The van der Waals surface area contributed by atoms with E-state index in [0.29, 0.717) is 11.9 Å². The van der Waals surface area contributed by atoms with E-state index in [0.717, 1.165) is 12.8 Å². The number of alkyl halides is 1. The van der Waals surface area contributed by atoms with Crippen molar-refractivity contribution < 1.29 is 9.72 Å². The fraction of sp³-hybridized carbons (Fsp3) is 0.417. The fourth-order valence-corrected chi connectivity index (χ4v) is 2.47. The third kappa shape index (κ3) is 3.25. The zero-order chi connectivity index (χ0) is 14.0. The lowest BCUT2D eigenvalue weighted by molar-refractivity contribution is -0.385. The van der Waals surface area contributed by atoms with Crippen LogP contribution in [0.3, 0.4) is 0 Å². The van der Waals surface area contributed by atoms with Crippen LogP contribution in [0.4, 0.5) is 5.69 Å². The van der Waals surface area contributed by atoms with Gasteiger partial charge >= 0.3 is 0 Å². The Balaban J connectivity index is 2.34. The van der Waals surface area contributed by atoms with Crippen LogP contribution in [0.5, 0.6) is 0 Å². The lowest BCUT2D eigenvalue weighted by Crippen LogP contribution is -2.35. The first kappa shape index (κ1) is 14.3. The Kier molecular flexibility index (Phi) is 4.42. The minimum Gasteiger partial charge on any atom is -0.335 e. The van der Waals surface area contributed by atoms with E-state index in [1.54, 1.807) is 4.90 Å². The molecule has 0 N–H and O–H groups in total. The number of hydrogen-bond donors (Lipinski definition) is 0. The Morgan fingerprint density at radius 1 is 1.53 bits per heavy atom. The minimum atomic E-state index is -0.571. The van der Waals surface area contributed by atoms with Crippen molar-refractivity contribution in [1.82, 2.24) is 4.90 Å². The van der Waals surface area contributed by atoms with Crippen LogP contribution in [0.1, 0.15) is 23.2 Å². The summed E-state index contributed by atoms with van der Waals surface area (Å²) >= 11 is 9.04. The number of amides is 1. The molecule has 1 saturated carbocycles. The van der Waals surface area contributed by atoms with Gasteiger partial charge in [-0.1, -0.05) is 27.5 Å². The molecule has 7 heteroatoms. The van der Waals surface area contributed by atoms with Gasteiger partial charge in [-0.25, -0.2) is 0 Å². The van der Waals surface area contributed by atoms with Crippen molar-refractivity contribution in [2.45, 2.75) is 18.9 Å². The molecule has 2 rings (SSSR count). The minimum absolute atomic E-state index is 0.0993. The second-order valence-corrected chi connectivity index (χ2v) is 5.57. The molecule has 102 valence electrons. The highest BCUT2D eigenvalue weighted by molar-refractivity contribution is 9.09.